The third kappa shape index (κ3) is 5.46. The van der Waals surface area contributed by atoms with Crippen LogP contribution in [0.3, 0.4) is 0 Å². The Morgan fingerprint density at radius 1 is 1.00 bits per heavy atom. The second-order valence-corrected chi connectivity index (χ2v) is 10.4. The van der Waals surface area contributed by atoms with Crippen LogP contribution in [-0.2, 0) is 10.7 Å². The van der Waals surface area contributed by atoms with E-state index in [0.29, 0.717) is 22.8 Å². The van der Waals surface area contributed by atoms with Crippen molar-refractivity contribution in [3.8, 4) is 0 Å². The summed E-state index contributed by atoms with van der Waals surface area (Å²) in [7, 11) is -2.43. The first-order chi connectivity index (χ1) is 14.5. The lowest BCUT2D eigenvalue weighted by atomic mass is 10.2. The lowest BCUT2D eigenvalue weighted by molar-refractivity contribution is -0.137. The highest BCUT2D eigenvalue weighted by Gasteiger charge is 2.35. The van der Waals surface area contributed by atoms with Gasteiger partial charge < -0.3 is 15.2 Å². The van der Waals surface area contributed by atoms with Crippen molar-refractivity contribution in [2.75, 3.05) is 24.0 Å². The first-order valence-corrected chi connectivity index (χ1v) is 11.7. The molecular formula is C20H19F3N5O2P. The maximum absolute atomic E-state index is 13.4. The minimum Gasteiger partial charge on any atom is -0.339 e. The van der Waals surface area contributed by atoms with Crippen molar-refractivity contribution in [3.63, 3.8) is 0 Å². The van der Waals surface area contributed by atoms with E-state index in [1.165, 1.54) is 12.1 Å². The zero-order chi connectivity index (χ0) is 22.8. The number of hydrogen-bond acceptors (Lipinski definition) is 7. The number of aromatic nitrogens is 2. The maximum atomic E-state index is 13.4. The Balaban J connectivity index is 1.93. The number of nitrogens with zero attached hydrogens (tertiary/aromatic N) is 3. The number of nitrogens with one attached hydrogen (secondary N) is 2. The van der Waals surface area contributed by atoms with Crippen molar-refractivity contribution >= 4 is 41.3 Å². The van der Waals surface area contributed by atoms with Crippen LogP contribution in [0.5, 0.6) is 0 Å². The summed E-state index contributed by atoms with van der Waals surface area (Å²) in [6, 6.07) is 11.1. The number of hydrogen-bond donors (Lipinski definition) is 2. The number of anilines is 4. The molecule has 3 aromatic rings. The molecule has 162 valence electrons. The molecule has 0 saturated carbocycles. The van der Waals surface area contributed by atoms with E-state index in [-0.39, 0.29) is 17.3 Å². The first-order valence-electron chi connectivity index (χ1n) is 9.05. The standard InChI is InChI=1S/C20H19F3N5O2P/c1-12-4-5-14(10-17(12)28-29)25-18-16(20(21,22)23)11-24-19(27-18)26-13-6-8-15(9-7-13)31(2,3)30/h4-11H,1-3H3,(H2,24,25,26,27). The van der Waals surface area contributed by atoms with Gasteiger partial charge in [-0.3, -0.25) is 0 Å². The van der Waals surface area contributed by atoms with Gasteiger partial charge in [-0.2, -0.15) is 18.2 Å². The van der Waals surface area contributed by atoms with Gasteiger partial charge in [0.15, 0.2) is 0 Å². The van der Waals surface area contributed by atoms with Crippen LogP contribution in [-0.4, -0.2) is 23.3 Å². The first kappa shape index (κ1) is 22.4. The molecule has 0 fully saturated rings. The molecule has 0 spiro atoms. The number of halogens is 3. The number of benzene rings is 2. The Bertz CT molecular complexity index is 1160. The van der Waals surface area contributed by atoms with Gasteiger partial charge in [0.1, 0.15) is 24.2 Å². The molecule has 0 aliphatic heterocycles. The third-order valence-corrected chi connectivity index (χ3v) is 5.95. The topological polar surface area (TPSA) is 96.3 Å². The predicted molar refractivity (Wildman–Crippen MR) is 116 cm³/mol. The summed E-state index contributed by atoms with van der Waals surface area (Å²) in [4.78, 5) is 18.6. The largest absolute Gasteiger partial charge is 0.421 e. The summed E-state index contributed by atoms with van der Waals surface area (Å²) in [6.45, 7) is 4.95. The van der Waals surface area contributed by atoms with Crippen LogP contribution in [0.2, 0.25) is 0 Å². The van der Waals surface area contributed by atoms with Crippen LogP contribution < -0.4 is 15.9 Å². The lowest BCUT2D eigenvalue weighted by Gasteiger charge is -2.15. The Labute approximate surface area is 176 Å². The fourth-order valence-corrected chi connectivity index (χ4v) is 3.57. The van der Waals surface area contributed by atoms with Gasteiger partial charge >= 0.3 is 6.18 Å². The SMILES string of the molecule is Cc1ccc(Nc2nc(Nc3ccc(P(C)(C)=O)cc3)ncc2C(F)(F)F)cc1N=O. The lowest BCUT2D eigenvalue weighted by Crippen LogP contribution is -2.12. The van der Waals surface area contributed by atoms with Gasteiger partial charge in [-0.25, -0.2) is 4.98 Å². The summed E-state index contributed by atoms with van der Waals surface area (Å²) in [5.74, 6) is -0.547. The molecule has 1 heterocycles. The van der Waals surface area contributed by atoms with Crippen LogP contribution in [0.25, 0.3) is 0 Å². The number of aryl methyl sites for hydroxylation is 1. The number of alkyl halides is 3. The molecule has 7 nitrogen and oxygen atoms in total. The summed E-state index contributed by atoms with van der Waals surface area (Å²) in [6.07, 6.45) is -4.02. The van der Waals surface area contributed by atoms with Crippen molar-refractivity contribution in [1.29, 1.82) is 0 Å². The molecule has 0 radical (unpaired) electrons. The van der Waals surface area contributed by atoms with Gasteiger partial charge in [-0.1, -0.05) is 6.07 Å². The van der Waals surface area contributed by atoms with Crippen molar-refractivity contribution in [2.24, 2.45) is 5.18 Å². The summed E-state index contributed by atoms with van der Waals surface area (Å²) < 4.78 is 52.4. The second kappa shape index (κ2) is 8.47. The van der Waals surface area contributed by atoms with Gasteiger partial charge in [-0.15, -0.1) is 4.91 Å². The van der Waals surface area contributed by atoms with E-state index in [4.69, 9.17) is 0 Å². The fourth-order valence-electron chi connectivity index (χ4n) is 2.70. The zero-order valence-corrected chi connectivity index (χ0v) is 17.8. The highest BCUT2D eigenvalue weighted by atomic mass is 31.2. The normalized spacial score (nSPS) is 11.8. The Kier molecular flexibility index (Phi) is 6.13. The van der Waals surface area contributed by atoms with Gasteiger partial charge in [0, 0.05) is 22.9 Å². The van der Waals surface area contributed by atoms with Crippen molar-refractivity contribution in [1.82, 2.24) is 9.97 Å². The molecule has 2 N–H and O–H groups in total. The molecule has 0 amide bonds. The highest BCUT2D eigenvalue weighted by molar-refractivity contribution is 7.70. The molecule has 11 heteroatoms. The molecule has 3 rings (SSSR count). The van der Waals surface area contributed by atoms with Gasteiger partial charge in [0.25, 0.3) is 0 Å². The van der Waals surface area contributed by atoms with Crippen LogP contribution in [0.1, 0.15) is 11.1 Å². The van der Waals surface area contributed by atoms with E-state index in [1.807, 2.05) is 0 Å². The van der Waals surface area contributed by atoms with E-state index in [2.05, 4.69) is 25.8 Å². The molecule has 31 heavy (non-hydrogen) atoms. The number of nitroso groups, excluding NO2 is 1. The van der Waals surface area contributed by atoms with Crippen LogP contribution in [0, 0.1) is 11.8 Å². The van der Waals surface area contributed by atoms with E-state index in [0.717, 1.165) is 0 Å². The molecule has 0 aliphatic carbocycles. The molecule has 0 saturated heterocycles. The van der Waals surface area contributed by atoms with E-state index < -0.39 is 24.7 Å². The van der Waals surface area contributed by atoms with Crippen LogP contribution >= 0.6 is 7.14 Å². The average molecular weight is 449 g/mol. The maximum Gasteiger partial charge on any atom is 0.421 e. The molecular weight excluding hydrogens is 430 g/mol. The van der Waals surface area contributed by atoms with Gasteiger partial charge in [-0.05, 0) is 67.4 Å². The average Bonchev–Trinajstić information content (AvgIpc) is 2.68. The fraction of sp³-hybridized carbons (Fsp3) is 0.200. The molecule has 0 atom stereocenters. The molecule has 0 bridgehead atoms. The smallest absolute Gasteiger partial charge is 0.339 e. The Morgan fingerprint density at radius 3 is 2.23 bits per heavy atom. The molecule has 0 unspecified atom stereocenters. The third-order valence-electron chi connectivity index (χ3n) is 4.41. The van der Waals surface area contributed by atoms with E-state index >= 15 is 0 Å². The van der Waals surface area contributed by atoms with E-state index in [1.54, 1.807) is 50.6 Å². The Hall–Kier alpha value is -3.26. The van der Waals surface area contributed by atoms with Gasteiger partial charge in [0.2, 0.25) is 5.95 Å². The monoisotopic (exact) mass is 449 g/mol. The highest BCUT2D eigenvalue weighted by Crippen LogP contribution is 2.37. The molecule has 2 aromatic carbocycles. The zero-order valence-electron chi connectivity index (χ0n) is 16.9. The van der Waals surface area contributed by atoms with Gasteiger partial charge in [0.05, 0.1) is 0 Å². The summed E-state index contributed by atoms with van der Waals surface area (Å²) >= 11 is 0. The van der Waals surface area contributed by atoms with Crippen LogP contribution in [0.15, 0.2) is 53.8 Å². The number of rotatable bonds is 6. The summed E-state index contributed by atoms with van der Waals surface area (Å²) in [5.41, 5.74) is 0.378. The minimum atomic E-state index is -4.69. The van der Waals surface area contributed by atoms with E-state index in [9.17, 15) is 22.6 Å². The predicted octanol–water partition coefficient (Wildman–Crippen LogP) is 5.94. The quantitative estimate of drug-likeness (QED) is 0.357. The Morgan fingerprint density at radius 2 is 1.65 bits per heavy atom. The minimum absolute atomic E-state index is 0.0692. The summed E-state index contributed by atoms with van der Waals surface area (Å²) in [5, 5.41) is 8.96. The molecule has 1 aromatic heterocycles. The molecule has 0 aliphatic rings. The van der Waals surface area contributed by atoms with Crippen molar-refractivity contribution in [2.45, 2.75) is 13.1 Å². The van der Waals surface area contributed by atoms with Crippen LogP contribution in [0.4, 0.5) is 42.0 Å². The second-order valence-electron chi connectivity index (χ2n) is 7.19. The van der Waals surface area contributed by atoms with Crippen molar-refractivity contribution in [3.05, 3.63) is 64.7 Å². The van der Waals surface area contributed by atoms with Crippen molar-refractivity contribution < 1.29 is 17.7 Å².